The first-order valence-electron chi connectivity index (χ1n) is 5.72. The Morgan fingerprint density at radius 2 is 1.60 bits per heavy atom. The van der Waals surface area contributed by atoms with Gasteiger partial charge in [0.2, 0.25) is 0 Å². The van der Waals surface area contributed by atoms with Crippen molar-refractivity contribution in [3.8, 4) is 0 Å². The van der Waals surface area contributed by atoms with E-state index in [0.717, 1.165) is 6.07 Å². The number of nitrogens with one attached hydrogen (secondary N) is 1. The van der Waals surface area contributed by atoms with E-state index in [4.69, 9.17) is 0 Å². The molecule has 0 heterocycles. The molecule has 0 unspecified atom stereocenters. The van der Waals surface area contributed by atoms with E-state index in [1.807, 2.05) is 0 Å². The first-order valence-corrected chi connectivity index (χ1v) is 5.72. The Morgan fingerprint density at radius 3 is 2.25 bits per heavy atom. The van der Waals surface area contributed by atoms with Crippen LogP contribution in [0.3, 0.4) is 0 Å². The number of hydrogen-bond acceptors (Lipinski definition) is 1. The van der Waals surface area contributed by atoms with Crippen LogP contribution in [0.15, 0.2) is 42.5 Å². The molecule has 2 aromatic rings. The minimum absolute atomic E-state index is 0.106. The quantitative estimate of drug-likeness (QED) is 0.814. The Morgan fingerprint density at radius 1 is 0.900 bits per heavy atom. The molecule has 0 aliphatic heterocycles. The molecule has 1 N–H and O–H groups in total. The summed E-state index contributed by atoms with van der Waals surface area (Å²) in [6, 6.07) is 7.81. The van der Waals surface area contributed by atoms with Gasteiger partial charge in [0.15, 0.2) is 0 Å². The van der Waals surface area contributed by atoms with Crippen LogP contribution >= 0.6 is 0 Å². The van der Waals surface area contributed by atoms with Gasteiger partial charge in [-0.05, 0) is 24.3 Å². The fraction of sp³-hybridized carbons (Fsp3) is 0.143. The van der Waals surface area contributed by atoms with Crippen LogP contribution < -0.4 is 5.32 Å². The molecule has 0 radical (unpaired) electrons. The summed E-state index contributed by atoms with van der Waals surface area (Å²) in [5, 5.41) is 2.47. The van der Waals surface area contributed by atoms with Crippen molar-refractivity contribution < 1.29 is 22.0 Å². The van der Waals surface area contributed by atoms with Crippen LogP contribution in [-0.2, 0) is 12.7 Å². The Labute approximate surface area is 112 Å². The van der Waals surface area contributed by atoms with Crippen molar-refractivity contribution in [1.29, 1.82) is 0 Å². The Bertz CT molecular complexity index is 607. The predicted molar refractivity (Wildman–Crippen MR) is 65.1 cm³/mol. The standard InChI is InChI=1S/C14H10F5N/c15-11-4-2-1-3-9(11)8-20-13-7-10(14(17,18)19)5-6-12(13)16/h1-7,20H,8H2. The molecule has 0 saturated carbocycles. The fourth-order valence-corrected chi connectivity index (χ4v) is 1.67. The minimum atomic E-state index is -4.55. The van der Waals surface area contributed by atoms with Gasteiger partial charge >= 0.3 is 6.18 Å². The van der Waals surface area contributed by atoms with E-state index in [1.165, 1.54) is 18.2 Å². The third-order valence-electron chi connectivity index (χ3n) is 2.72. The number of halogens is 5. The highest BCUT2D eigenvalue weighted by Crippen LogP contribution is 2.31. The highest BCUT2D eigenvalue weighted by molar-refractivity contribution is 5.48. The third kappa shape index (κ3) is 3.26. The van der Waals surface area contributed by atoms with Gasteiger partial charge in [0.05, 0.1) is 11.3 Å². The van der Waals surface area contributed by atoms with Gasteiger partial charge in [0.1, 0.15) is 11.6 Å². The first kappa shape index (κ1) is 14.3. The van der Waals surface area contributed by atoms with Crippen LogP contribution in [0.1, 0.15) is 11.1 Å². The van der Waals surface area contributed by atoms with Crippen LogP contribution in [0.25, 0.3) is 0 Å². The molecule has 2 rings (SSSR count). The summed E-state index contributed by atoms with van der Waals surface area (Å²) < 4.78 is 64.3. The van der Waals surface area contributed by atoms with E-state index >= 15 is 0 Å². The highest BCUT2D eigenvalue weighted by Gasteiger charge is 2.31. The predicted octanol–water partition coefficient (Wildman–Crippen LogP) is 4.60. The normalized spacial score (nSPS) is 11.4. The van der Waals surface area contributed by atoms with Gasteiger partial charge in [-0.15, -0.1) is 0 Å². The Kier molecular flexibility index (Phi) is 3.92. The topological polar surface area (TPSA) is 12.0 Å². The second-order valence-electron chi connectivity index (χ2n) is 4.14. The zero-order chi connectivity index (χ0) is 14.8. The largest absolute Gasteiger partial charge is 0.416 e. The van der Waals surface area contributed by atoms with Crippen molar-refractivity contribution >= 4 is 5.69 Å². The van der Waals surface area contributed by atoms with E-state index in [0.29, 0.717) is 12.1 Å². The third-order valence-corrected chi connectivity index (χ3v) is 2.72. The van der Waals surface area contributed by atoms with Crippen LogP contribution in [0.4, 0.5) is 27.6 Å². The van der Waals surface area contributed by atoms with Gasteiger partial charge < -0.3 is 5.32 Å². The van der Waals surface area contributed by atoms with E-state index in [2.05, 4.69) is 5.32 Å². The minimum Gasteiger partial charge on any atom is -0.378 e. The zero-order valence-electron chi connectivity index (χ0n) is 10.1. The van der Waals surface area contributed by atoms with E-state index in [9.17, 15) is 22.0 Å². The molecule has 0 fully saturated rings. The molecule has 0 saturated heterocycles. The van der Waals surface area contributed by atoms with Gasteiger partial charge in [-0.2, -0.15) is 13.2 Å². The number of alkyl halides is 3. The van der Waals surface area contributed by atoms with E-state index < -0.39 is 23.4 Å². The van der Waals surface area contributed by atoms with Crippen LogP contribution in [0, 0.1) is 11.6 Å². The van der Waals surface area contributed by atoms with Gasteiger partial charge in [-0.25, -0.2) is 8.78 Å². The average Bonchev–Trinajstić information content (AvgIpc) is 2.38. The number of benzene rings is 2. The summed E-state index contributed by atoms with van der Waals surface area (Å²) >= 11 is 0. The van der Waals surface area contributed by atoms with Crippen molar-refractivity contribution in [1.82, 2.24) is 0 Å². The summed E-state index contributed by atoms with van der Waals surface area (Å²) in [6.45, 7) is -0.106. The molecule has 0 aromatic heterocycles. The molecule has 1 nitrogen and oxygen atoms in total. The monoisotopic (exact) mass is 287 g/mol. The molecule has 0 aliphatic rings. The number of rotatable bonds is 3. The van der Waals surface area contributed by atoms with Gasteiger partial charge in [0, 0.05) is 12.1 Å². The molecule has 0 aliphatic carbocycles. The van der Waals surface area contributed by atoms with Crippen molar-refractivity contribution in [3.63, 3.8) is 0 Å². The summed E-state index contributed by atoms with van der Waals surface area (Å²) in [6.07, 6.45) is -4.55. The summed E-state index contributed by atoms with van der Waals surface area (Å²) in [7, 11) is 0. The van der Waals surface area contributed by atoms with E-state index in [-0.39, 0.29) is 17.8 Å². The summed E-state index contributed by atoms with van der Waals surface area (Å²) in [4.78, 5) is 0. The molecule has 0 amide bonds. The average molecular weight is 287 g/mol. The molecule has 106 valence electrons. The lowest BCUT2D eigenvalue weighted by molar-refractivity contribution is -0.137. The lowest BCUT2D eigenvalue weighted by Gasteiger charge is -2.12. The molecule has 0 spiro atoms. The molecule has 6 heteroatoms. The SMILES string of the molecule is Fc1ccccc1CNc1cc(C(F)(F)F)ccc1F. The second kappa shape index (κ2) is 5.48. The maximum atomic E-state index is 13.4. The number of anilines is 1. The first-order chi connectivity index (χ1) is 9.38. The Balaban J connectivity index is 2.19. The van der Waals surface area contributed by atoms with Gasteiger partial charge in [0.25, 0.3) is 0 Å². The Hall–Kier alpha value is -2.11. The molecular weight excluding hydrogens is 277 g/mol. The van der Waals surface area contributed by atoms with Crippen molar-refractivity contribution in [2.24, 2.45) is 0 Å². The maximum Gasteiger partial charge on any atom is 0.416 e. The second-order valence-corrected chi connectivity index (χ2v) is 4.14. The van der Waals surface area contributed by atoms with Crippen molar-refractivity contribution in [2.75, 3.05) is 5.32 Å². The number of hydrogen-bond donors (Lipinski definition) is 1. The van der Waals surface area contributed by atoms with Crippen LogP contribution in [-0.4, -0.2) is 0 Å². The summed E-state index contributed by atoms with van der Waals surface area (Å²) in [5.74, 6) is -1.33. The fourth-order valence-electron chi connectivity index (χ4n) is 1.67. The molecule has 2 aromatic carbocycles. The smallest absolute Gasteiger partial charge is 0.378 e. The molecule has 0 atom stereocenters. The molecule has 20 heavy (non-hydrogen) atoms. The maximum absolute atomic E-state index is 13.4. The molecule has 0 bridgehead atoms. The highest BCUT2D eigenvalue weighted by atomic mass is 19.4. The molecular formula is C14H10F5N. The van der Waals surface area contributed by atoms with Gasteiger partial charge in [-0.1, -0.05) is 18.2 Å². The van der Waals surface area contributed by atoms with Crippen LogP contribution in [0.2, 0.25) is 0 Å². The van der Waals surface area contributed by atoms with Crippen LogP contribution in [0.5, 0.6) is 0 Å². The van der Waals surface area contributed by atoms with E-state index in [1.54, 1.807) is 6.07 Å². The van der Waals surface area contributed by atoms with Crippen molar-refractivity contribution in [3.05, 3.63) is 65.2 Å². The summed E-state index contributed by atoms with van der Waals surface area (Å²) in [5.41, 5.74) is -1.04. The van der Waals surface area contributed by atoms with Crippen molar-refractivity contribution in [2.45, 2.75) is 12.7 Å². The zero-order valence-corrected chi connectivity index (χ0v) is 10.1. The van der Waals surface area contributed by atoms with Gasteiger partial charge in [-0.3, -0.25) is 0 Å². The lowest BCUT2D eigenvalue weighted by atomic mass is 10.1. The lowest BCUT2D eigenvalue weighted by Crippen LogP contribution is -2.08.